The number of esters is 1. The number of nitrogens with zero attached hydrogens (tertiary/aromatic N) is 3. The second-order valence-corrected chi connectivity index (χ2v) is 7.13. The Morgan fingerprint density at radius 1 is 1.10 bits per heavy atom. The molecule has 0 spiro atoms. The number of ether oxygens (including phenoxy) is 2. The molecule has 30 heavy (non-hydrogen) atoms. The van der Waals surface area contributed by atoms with E-state index in [2.05, 4.69) is 20.3 Å². The van der Waals surface area contributed by atoms with Crippen molar-refractivity contribution in [1.82, 2.24) is 14.8 Å². The maximum absolute atomic E-state index is 12.3. The van der Waals surface area contributed by atoms with Crippen LogP contribution >= 0.6 is 11.8 Å². The Kier molecular flexibility index (Phi) is 7.08. The fourth-order valence-corrected chi connectivity index (χ4v) is 3.59. The molecule has 0 saturated carbocycles. The normalized spacial score (nSPS) is 10.5. The molecule has 0 unspecified atom stereocenters. The van der Waals surface area contributed by atoms with Crippen molar-refractivity contribution in [2.45, 2.75) is 18.6 Å². The maximum Gasteiger partial charge on any atom is 0.337 e. The largest absolute Gasteiger partial charge is 0.497 e. The van der Waals surface area contributed by atoms with Crippen LogP contribution in [-0.4, -0.2) is 46.6 Å². The van der Waals surface area contributed by atoms with Crippen molar-refractivity contribution in [3.05, 3.63) is 54.1 Å². The van der Waals surface area contributed by atoms with E-state index in [1.807, 2.05) is 35.8 Å². The van der Waals surface area contributed by atoms with Gasteiger partial charge in [-0.3, -0.25) is 4.79 Å². The second-order valence-electron chi connectivity index (χ2n) is 6.19. The van der Waals surface area contributed by atoms with Gasteiger partial charge >= 0.3 is 5.97 Å². The summed E-state index contributed by atoms with van der Waals surface area (Å²) >= 11 is 1.31. The quantitative estimate of drug-likeness (QED) is 0.435. The zero-order chi connectivity index (χ0) is 21.5. The molecule has 0 aliphatic carbocycles. The molecule has 9 heteroatoms. The Bertz CT molecular complexity index is 1030. The number of hydrogen-bond acceptors (Lipinski definition) is 7. The van der Waals surface area contributed by atoms with E-state index in [0.717, 1.165) is 17.1 Å². The predicted molar refractivity (Wildman–Crippen MR) is 115 cm³/mol. The Balaban J connectivity index is 1.65. The summed E-state index contributed by atoms with van der Waals surface area (Å²) in [7, 11) is 2.94. The Hall–Kier alpha value is -3.33. The standard InChI is InChI=1S/C21H22N4O4S/c1-4-25-19(15-6-5-7-17(12-15)28-2)23-24-21(25)30-13-18(26)22-16-10-8-14(9-11-16)20(27)29-3/h5-12H,4,13H2,1-3H3,(H,22,26). The SMILES string of the molecule is CCn1c(SCC(=O)Nc2ccc(C(=O)OC)cc2)nnc1-c1cccc(OC)c1. The van der Waals surface area contributed by atoms with Crippen molar-refractivity contribution in [2.75, 3.05) is 25.3 Å². The van der Waals surface area contributed by atoms with Gasteiger partial charge in [-0.15, -0.1) is 10.2 Å². The lowest BCUT2D eigenvalue weighted by atomic mass is 10.2. The Morgan fingerprint density at radius 2 is 1.87 bits per heavy atom. The van der Waals surface area contributed by atoms with Gasteiger partial charge in [-0.25, -0.2) is 4.79 Å². The van der Waals surface area contributed by atoms with E-state index >= 15 is 0 Å². The minimum absolute atomic E-state index is 0.176. The van der Waals surface area contributed by atoms with Gasteiger partial charge in [0, 0.05) is 17.8 Å². The van der Waals surface area contributed by atoms with Gasteiger partial charge in [-0.1, -0.05) is 23.9 Å². The molecule has 0 bridgehead atoms. The van der Waals surface area contributed by atoms with Gasteiger partial charge in [0.05, 0.1) is 25.5 Å². The molecule has 0 radical (unpaired) electrons. The fourth-order valence-electron chi connectivity index (χ4n) is 2.79. The van der Waals surface area contributed by atoms with Crippen molar-refractivity contribution in [3.63, 3.8) is 0 Å². The van der Waals surface area contributed by atoms with Gasteiger partial charge in [-0.2, -0.15) is 0 Å². The van der Waals surface area contributed by atoms with Crippen molar-refractivity contribution in [1.29, 1.82) is 0 Å². The van der Waals surface area contributed by atoms with Crippen LogP contribution in [0.2, 0.25) is 0 Å². The van der Waals surface area contributed by atoms with E-state index in [9.17, 15) is 9.59 Å². The third-order valence-corrected chi connectivity index (χ3v) is 5.25. The van der Waals surface area contributed by atoms with Gasteiger partial charge in [0.1, 0.15) is 5.75 Å². The minimum atomic E-state index is -0.422. The number of nitrogens with one attached hydrogen (secondary N) is 1. The second kappa shape index (κ2) is 9.93. The number of carbonyl (C=O) groups excluding carboxylic acids is 2. The molecular weight excluding hydrogens is 404 g/mol. The van der Waals surface area contributed by atoms with Crippen LogP contribution in [0.1, 0.15) is 17.3 Å². The molecule has 0 fully saturated rings. The van der Waals surface area contributed by atoms with Crippen LogP contribution in [-0.2, 0) is 16.1 Å². The zero-order valence-corrected chi connectivity index (χ0v) is 17.7. The van der Waals surface area contributed by atoms with Crippen LogP contribution in [0.3, 0.4) is 0 Å². The number of hydrogen-bond donors (Lipinski definition) is 1. The summed E-state index contributed by atoms with van der Waals surface area (Å²) < 4.78 is 11.9. The van der Waals surface area contributed by atoms with Crippen LogP contribution in [0, 0.1) is 0 Å². The minimum Gasteiger partial charge on any atom is -0.497 e. The smallest absolute Gasteiger partial charge is 0.337 e. The molecule has 3 aromatic rings. The number of anilines is 1. The molecule has 0 saturated heterocycles. The summed E-state index contributed by atoms with van der Waals surface area (Å²) in [4.78, 5) is 23.8. The molecule has 8 nitrogen and oxygen atoms in total. The first-order valence-electron chi connectivity index (χ1n) is 9.24. The molecule has 156 valence electrons. The van der Waals surface area contributed by atoms with Gasteiger partial charge in [-0.05, 0) is 43.3 Å². The number of thioether (sulfide) groups is 1. The van der Waals surface area contributed by atoms with E-state index in [-0.39, 0.29) is 11.7 Å². The maximum atomic E-state index is 12.3. The van der Waals surface area contributed by atoms with Crippen LogP contribution in [0.15, 0.2) is 53.7 Å². The molecule has 1 heterocycles. The van der Waals surface area contributed by atoms with Gasteiger partial charge < -0.3 is 19.4 Å². The number of aromatic nitrogens is 3. The van der Waals surface area contributed by atoms with Gasteiger partial charge in [0.2, 0.25) is 5.91 Å². The average Bonchev–Trinajstić information content (AvgIpc) is 3.20. The third-order valence-electron chi connectivity index (χ3n) is 4.28. The average molecular weight is 426 g/mol. The van der Waals surface area contributed by atoms with Crippen LogP contribution < -0.4 is 10.1 Å². The highest BCUT2D eigenvalue weighted by molar-refractivity contribution is 7.99. The monoisotopic (exact) mass is 426 g/mol. The summed E-state index contributed by atoms with van der Waals surface area (Å²) in [6, 6.07) is 14.1. The van der Waals surface area contributed by atoms with Crippen molar-refractivity contribution in [2.24, 2.45) is 0 Å². The highest BCUT2D eigenvalue weighted by Crippen LogP contribution is 2.26. The van der Waals surface area contributed by atoms with Crippen LogP contribution in [0.4, 0.5) is 5.69 Å². The molecule has 0 aliphatic rings. The van der Waals surface area contributed by atoms with Gasteiger partial charge in [0.15, 0.2) is 11.0 Å². The van der Waals surface area contributed by atoms with E-state index < -0.39 is 5.97 Å². The summed E-state index contributed by atoms with van der Waals surface area (Å²) in [5.41, 5.74) is 1.92. The first kappa shape index (κ1) is 21.4. The lowest BCUT2D eigenvalue weighted by Gasteiger charge is -2.09. The molecule has 3 rings (SSSR count). The van der Waals surface area contributed by atoms with Crippen LogP contribution in [0.25, 0.3) is 11.4 Å². The molecule has 2 aromatic carbocycles. The first-order valence-corrected chi connectivity index (χ1v) is 10.2. The van der Waals surface area contributed by atoms with Crippen LogP contribution in [0.5, 0.6) is 5.75 Å². The fraction of sp³-hybridized carbons (Fsp3) is 0.238. The third kappa shape index (κ3) is 4.98. The molecule has 1 amide bonds. The molecule has 1 aromatic heterocycles. The summed E-state index contributed by atoms with van der Waals surface area (Å²) in [5.74, 6) is 1.03. The number of rotatable bonds is 8. The topological polar surface area (TPSA) is 95.3 Å². The number of carbonyl (C=O) groups is 2. The van der Waals surface area contributed by atoms with Crippen molar-refractivity contribution in [3.8, 4) is 17.1 Å². The van der Waals surface area contributed by atoms with E-state index in [1.54, 1.807) is 31.4 Å². The van der Waals surface area contributed by atoms with E-state index in [1.165, 1.54) is 18.9 Å². The van der Waals surface area contributed by atoms with E-state index in [0.29, 0.717) is 23.0 Å². The number of methoxy groups -OCH3 is 2. The lowest BCUT2D eigenvalue weighted by molar-refractivity contribution is -0.113. The molecule has 0 aliphatic heterocycles. The highest BCUT2D eigenvalue weighted by Gasteiger charge is 2.15. The highest BCUT2D eigenvalue weighted by atomic mass is 32.2. The molecule has 0 atom stereocenters. The Morgan fingerprint density at radius 3 is 2.53 bits per heavy atom. The Labute approximate surface area is 178 Å². The summed E-state index contributed by atoms with van der Waals surface area (Å²) in [6.07, 6.45) is 0. The summed E-state index contributed by atoms with van der Waals surface area (Å²) in [5, 5.41) is 12.0. The van der Waals surface area contributed by atoms with Crippen molar-refractivity contribution < 1.29 is 19.1 Å². The predicted octanol–water partition coefficient (Wildman–Crippen LogP) is 3.49. The van der Waals surface area contributed by atoms with E-state index in [4.69, 9.17) is 4.74 Å². The first-order chi connectivity index (χ1) is 14.5. The zero-order valence-electron chi connectivity index (χ0n) is 16.9. The number of amides is 1. The molecule has 1 N–H and O–H groups in total. The summed E-state index contributed by atoms with van der Waals surface area (Å²) in [6.45, 7) is 2.67. The molecular formula is C21H22N4O4S. The van der Waals surface area contributed by atoms with Crippen molar-refractivity contribution >= 4 is 29.3 Å². The van der Waals surface area contributed by atoms with Gasteiger partial charge in [0.25, 0.3) is 0 Å². The number of benzene rings is 2. The lowest BCUT2D eigenvalue weighted by Crippen LogP contribution is -2.14.